The van der Waals surface area contributed by atoms with Crippen LogP contribution in [0.5, 0.6) is 5.75 Å². The molecule has 15 heavy (non-hydrogen) atoms. The van der Waals surface area contributed by atoms with Crippen molar-refractivity contribution in [2.75, 3.05) is 13.2 Å². The third-order valence-corrected chi connectivity index (χ3v) is 1.99. The summed E-state index contributed by atoms with van der Waals surface area (Å²) in [5, 5.41) is 20.2. The molecule has 2 N–H and O–H groups in total. The van der Waals surface area contributed by atoms with Gasteiger partial charge in [-0.3, -0.25) is 0 Å². The van der Waals surface area contributed by atoms with Crippen molar-refractivity contribution in [3.05, 3.63) is 29.8 Å². The summed E-state index contributed by atoms with van der Waals surface area (Å²) in [6.45, 7) is 2.36. The van der Waals surface area contributed by atoms with Gasteiger partial charge in [0.25, 0.3) is 0 Å². The van der Waals surface area contributed by atoms with Crippen molar-refractivity contribution < 1.29 is 15.1 Å². The first-order valence-corrected chi connectivity index (χ1v) is 4.80. The average Bonchev–Trinajstić information content (AvgIpc) is 2.29. The van der Waals surface area contributed by atoms with E-state index in [2.05, 4.69) is 5.16 Å². The third kappa shape index (κ3) is 3.59. The number of hydrogen-bond acceptors (Lipinski definition) is 4. The molecule has 0 aliphatic rings. The van der Waals surface area contributed by atoms with Gasteiger partial charge in [0, 0.05) is 13.0 Å². The summed E-state index contributed by atoms with van der Waals surface area (Å²) < 4.78 is 5.35. The van der Waals surface area contributed by atoms with E-state index in [-0.39, 0.29) is 6.61 Å². The lowest BCUT2D eigenvalue weighted by Crippen LogP contribution is -2.00. The molecule has 1 rings (SSSR count). The van der Waals surface area contributed by atoms with Crippen LogP contribution in [0, 0.1) is 0 Å². The number of nitrogens with zero attached hydrogens (tertiary/aromatic N) is 1. The number of aliphatic hydroxyl groups is 1. The van der Waals surface area contributed by atoms with Crippen LogP contribution in [0.3, 0.4) is 0 Å². The topological polar surface area (TPSA) is 62.1 Å². The first-order valence-electron chi connectivity index (χ1n) is 4.80. The Hall–Kier alpha value is -1.55. The van der Waals surface area contributed by atoms with Gasteiger partial charge < -0.3 is 15.1 Å². The minimum atomic E-state index is 0.133. The summed E-state index contributed by atoms with van der Waals surface area (Å²) >= 11 is 0. The summed E-state index contributed by atoms with van der Waals surface area (Å²) in [6.07, 6.45) is 0.624. The Labute approximate surface area is 88.8 Å². The van der Waals surface area contributed by atoms with Crippen LogP contribution in [0.1, 0.15) is 18.9 Å². The summed E-state index contributed by atoms with van der Waals surface area (Å²) in [4.78, 5) is 0. The molecule has 0 saturated carbocycles. The van der Waals surface area contributed by atoms with Gasteiger partial charge in [0.05, 0.1) is 12.3 Å². The number of oxime groups is 1. The second-order valence-corrected chi connectivity index (χ2v) is 3.14. The molecular formula is C11H15NO3. The number of benzene rings is 1. The molecule has 0 spiro atoms. The predicted octanol–water partition coefficient (Wildman–Crippen LogP) is 1.65. The van der Waals surface area contributed by atoms with Crippen molar-refractivity contribution in [1.82, 2.24) is 0 Å². The Morgan fingerprint density at radius 1 is 1.33 bits per heavy atom. The van der Waals surface area contributed by atoms with Crippen LogP contribution in [0.4, 0.5) is 0 Å². The number of ether oxygens (including phenoxy) is 1. The number of hydrogen-bond donors (Lipinski definition) is 2. The van der Waals surface area contributed by atoms with Crippen LogP contribution >= 0.6 is 0 Å². The van der Waals surface area contributed by atoms with Gasteiger partial charge in [0.2, 0.25) is 0 Å². The molecule has 0 amide bonds. The van der Waals surface area contributed by atoms with E-state index in [4.69, 9.17) is 15.1 Å². The standard InChI is InChI=1S/C11H15NO3/c1-9(12-14)10-3-5-11(6-4-10)15-8-2-7-13/h3-6,13-14H,2,7-8H2,1H3/b12-9+. The average molecular weight is 209 g/mol. The molecule has 0 aliphatic heterocycles. The van der Waals surface area contributed by atoms with Crippen molar-refractivity contribution >= 4 is 5.71 Å². The first-order chi connectivity index (χ1) is 7.27. The molecule has 0 radical (unpaired) electrons. The highest BCUT2D eigenvalue weighted by molar-refractivity contribution is 5.98. The molecule has 1 aromatic rings. The van der Waals surface area contributed by atoms with Gasteiger partial charge >= 0.3 is 0 Å². The highest BCUT2D eigenvalue weighted by atomic mass is 16.5. The molecule has 0 heterocycles. The smallest absolute Gasteiger partial charge is 0.119 e. The van der Waals surface area contributed by atoms with Crippen LogP contribution in [0.2, 0.25) is 0 Å². The van der Waals surface area contributed by atoms with Crippen molar-refractivity contribution in [2.24, 2.45) is 5.16 Å². The normalized spacial score (nSPS) is 11.5. The zero-order valence-corrected chi connectivity index (χ0v) is 8.68. The van der Waals surface area contributed by atoms with Crippen molar-refractivity contribution in [2.45, 2.75) is 13.3 Å². The summed E-state index contributed by atoms with van der Waals surface area (Å²) in [5.74, 6) is 0.748. The maximum atomic E-state index is 8.57. The van der Waals surface area contributed by atoms with E-state index in [1.807, 2.05) is 12.1 Å². The molecule has 0 aliphatic carbocycles. The van der Waals surface area contributed by atoms with Crippen LogP contribution < -0.4 is 4.74 Å². The fourth-order valence-corrected chi connectivity index (χ4v) is 1.10. The molecule has 0 fully saturated rings. The summed E-state index contributed by atoms with van der Waals surface area (Å²) in [5.41, 5.74) is 1.42. The maximum Gasteiger partial charge on any atom is 0.119 e. The van der Waals surface area contributed by atoms with Gasteiger partial charge in [-0.1, -0.05) is 5.16 Å². The number of aliphatic hydroxyl groups excluding tert-OH is 1. The summed E-state index contributed by atoms with van der Waals surface area (Å²) in [6, 6.07) is 7.26. The zero-order valence-electron chi connectivity index (χ0n) is 8.68. The van der Waals surface area contributed by atoms with Crippen molar-refractivity contribution in [1.29, 1.82) is 0 Å². The fourth-order valence-electron chi connectivity index (χ4n) is 1.10. The largest absolute Gasteiger partial charge is 0.494 e. The quantitative estimate of drug-likeness (QED) is 0.335. The van der Waals surface area contributed by atoms with Gasteiger partial charge in [-0.2, -0.15) is 0 Å². The molecule has 1 aromatic carbocycles. The van der Waals surface area contributed by atoms with E-state index in [0.29, 0.717) is 18.7 Å². The van der Waals surface area contributed by atoms with Crippen molar-refractivity contribution in [3.8, 4) is 5.75 Å². The molecular weight excluding hydrogens is 194 g/mol. The second kappa shape index (κ2) is 6.03. The molecule has 4 nitrogen and oxygen atoms in total. The first kappa shape index (κ1) is 11.5. The van der Waals surface area contributed by atoms with Gasteiger partial charge in [-0.15, -0.1) is 0 Å². The molecule has 0 aromatic heterocycles. The Balaban J connectivity index is 2.56. The number of rotatable bonds is 5. The molecule has 82 valence electrons. The van der Waals surface area contributed by atoms with Gasteiger partial charge in [-0.25, -0.2) is 0 Å². The lowest BCUT2D eigenvalue weighted by atomic mass is 10.1. The van der Waals surface area contributed by atoms with Gasteiger partial charge in [0.15, 0.2) is 0 Å². The van der Waals surface area contributed by atoms with Gasteiger partial charge in [0.1, 0.15) is 5.75 Å². The van der Waals surface area contributed by atoms with E-state index >= 15 is 0 Å². The van der Waals surface area contributed by atoms with E-state index < -0.39 is 0 Å². The highest BCUT2D eigenvalue weighted by Crippen LogP contribution is 2.12. The van der Waals surface area contributed by atoms with Gasteiger partial charge in [-0.05, 0) is 36.8 Å². The Morgan fingerprint density at radius 2 is 2.00 bits per heavy atom. The predicted molar refractivity (Wildman–Crippen MR) is 57.6 cm³/mol. The van der Waals surface area contributed by atoms with E-state index in [1.54, 1.807) is 19.1 Å². The minimum absolute atomic E-state index is 0.133. The van der Waals surface area contributed by atoms with E-state index in [0.717, 1.165) is 11.3 Å². The van der Waals surface area contributed by atoms with E-state index in [9.17, 15) is 0 Å². The van der Waals surface area contributed by atoms with Crippen LogP contribution in [-0.4, -0.2) is 29.2 Å². The van der Waals surface area contributed by atoms with Crippen LogP contribution in [0.25, 0.3) is 0 Å². The second-order valence-electron chi connectivity index (χ2n) is 3.14. The fraction of sp³-hybridized carbons (Fsp3) is 0.364. The van der Waals surface area contributed by atoms with Crippen molar-refractivity contribution in [3.63, 3.8) is 0 Å². The van der Waals surface area contributed by atoms with Crippen LogP contribution in [-0.2, 0) is 0 Å². The lowest BCUT2D eigenvalue weighted by molar-refractivity contribution is 0.233. The van der Waals surface area contributed by atoms with E-state index in [1.165, 1.54) is 0 Å². The summed E-state index contributed by atoms with van der Waals surface area (Å²) in [7, 11) is 0. The monoisotopic (exact) mass is 209 g/mol. The molecule has 4 heteroatoms. The Bertz CT molecular complexity index is 319. The van der Waals surface area contributed by atoms with Crippen LogP contribution in [0.15, 0.2) is 29.4 Å². The maximum absolute atomic E-state index is 8.57. The Kier molecular flexibility index (Phi) is 4.63. The zero-order chi connectivity index (χ0) is 11.1. The minimum Gasteiger partial charge on any atom is -0.494 e. The third-order valence-electron chi connectivity index (χ3n) is 1.99. The lowest BCUT2D eigenvalue weighted by Gasteiger charge is -2.05. The molecule has 0 bridgehead atoms. The SMILES string of the molecule is C/C(=N\O)c1ccc(OCCCO)cc1. The molecule has 0 saturated heterocycles. The highest BCUT2D eigenvalue weighted by Gasteiger charge is 1.98. The molecule has 0 atom stereocenters. The molecule has 0 unspecified atom stereocenters. The Morgan fingerprint density at radius 3 is 2.53 bits per heavy atom.